The molecule has 0 radical (unpaired) electrons. The quantitative estimate of drug-likeness (QED) is 0.850. The number of amides is 1. The van der Waals surface area contributed by atoms with E-state index in [2.05, 4.69) is 5.32 Å². The van der Waals surface area contributed by atoms with Crippen LogP contribution in [-0.4, -0.2) is 31.7 Å². The van der Waals surface area contributed by atoms with Crippen LogP contribution < -0.4 is 5.32 Å². The van der Waals surface area contributed by atoms with Gasteiger partial charge in [0.2, 0.25) is 0 Å². The Morgan fingerprint density at radius 1 is 1.08 bits per heavy atom. The summed E-state index contributed by atoms with van der Waals surface area (Å²) in [6.45, 7) is 1.68. The average molecular weight is 368 g/mol. The number of hydrogen-bond acceptors (Lipinski definition) is 4. The van der Waals surface area contributed by atoms with Crippen LogP contribution in [0.2, 0.25) is 5.02 Å². The number of carbonyl (C=O) groups excluding carboxylic acids is 1. The molecule has 128 valence electrons. The predicted octanol–water partition coefficient (Wildman–Crippen LogP) is 2.60. The Labute approximate surface area is 146 Å². The van der Waals surface area contributed by atoms with Crippen LogP contribution in [0, 0.1) is 0 Å². The molecule has 0 aromatic heterocycles. The second kappa shape index (κ2) is 7.34. The molecule has 5 nitrogen and oxygen atoms in total. The summed E-state index contributed by atoms with van der Waals surface area (Å²) in [5, 5.41) is 13.5. The molecule has 1 amide bonds. The van der Waals surface area contributed by atoms with E-state index in [1.54, 1.807) is 31.2 Å². The summed E-state index contributed by atoms with van der Waals surface area (Å²) in [6, 6.07) is 11.8. The van der Waals surface area contributed by atoms with E-state index in [0.717, 1.165) is 6.26 Å². The third-order valence-corrected chi connectivity index (χ3v) is 4.97. The van der Waals surface area contributed by atoms with Crippen LogP contribution in [0.5, 0.6) is 0 Å². The highest BCUT2D eigenvalue weighted by molar-refractivity contribution is 7.90. The van der Waals surface area contributed by atoms with Crippen molar-refractivity contribution in [2.75, 3.05) is 6.26 Å². The minimum atomic E-state index is -3.30. The van der Waals surface area contributed by atoms with Crippen molar-refractivity contribution in [1.29, 1.82) is 0 Å². The maximum Gasteiger partial charge on any atom is 0.251 e. The number of nitrogens with one attached hydrogen (secondary N) is 1. The number of benzene rings is 2. The van der Waals surface area contributed by atoms with E-state index >= 15 is 0 Å². The summed E-state index contributed by atoms with van der Waals surface area (Å²) in [5.74, 6) is -0.393. The first-order chi connectivity index (χ1) is 11.2. The summed E-state index contributed by atoms with van der Waals surface area (Å²) >= 11 is 5.81. The third-order valence-electron chi connectivity index (χ3n) is 3.59. The van der Waals surface area contributed by atoms with Crippen molar-refractivity contribution in [1.82, 2.24) is 5.32 Å². The highest BCUT2D eigenvalue weighted by atomic mass is 35.5. The molecule has 2 aromatic rings. The number of aliphatic hydroxyl groups is 1. The highest BCUT2D eigenvalue weighted by Crippen LogP contribution is 2.19. The van der Waals surface area contributed by atoms with E-state index in [-0.39, 0.29) is 4.90 Å². The van der Waals surface area contributed by atoms with E-state index in [1.165, 1.54) is 24.3 Å². The van der Waals surface area contributed by atoms with Crippen molar-refractivity contribution in [3.63, 3.8) is 0 Å². The Morgan fingerprint density at radius 2 is 1.62 bits per heavy atom. The van der Waals surface area contributed by atoms with Gasteiger partial charge in [-0.3, -0.25) is 4.79 Å². The lowest BCUT2D eigenvalue weighted by atomic mass is 10.0. The van der Waals surface area contributed by atoms with Gasteiger partial charge in [-0.15, -0.1) is 0 Å². The molecular weight excluding hydrogens is 350 g/mol. The molecule has 0 bridgehead atoms. The lowest BCUT2D eigenvalue weighted by Gasteiger charge is -2.20. The Balaban J connectivity index is 2.06. The van der Waals surface area contributed by atoms with Crippen LogP contribution >= 0.6 is 11.6 Å². The first kappa shape index (κ1) is 18.4. The van der Waals surface area contributed by atoms with Gasteiger partial charge in [0.25, 0.3) is 5.91 Å². The second-order valence-electron chi connectivity index (χ2n) is 5.56. The second-order valence-corrected chi connectivity index (χ2v) is 8.01. The van der Waals surface area contributed by atoms with Gasteiger partial charge in [0.15, 0.2) is 9.84 Å². The summed E-state index contributed by atoms with van der Waals surface area (Å²) < 4.78 is 22.8. The van der Waals surface area contributed by atoms with Crippen LogP contribution in [-0.2, 0) is 9.84 Å². The number of hydrogen-bond donors (Lipinski definition) is 2. The number of rotatable bonds is 5. The molecule has 0 spiro atoms. The fraction of sp³-hybridized carbons (Fsp3) is 0.235. The summed E-state index contributed by atoms with van der Waals surface area (Å²) in [6.07, 6.45) is 0.216. The third kappa shape index (κ3) is 4.56. The number of carbonyl (C=O) groups is 1. The van der Waals surface area contributed by atoms with Gasteiger partial charge < -0.3 is 10.4 Å². The van der Waals surface area contributed by atoms with Gasteiger partial charge in [0.1, 0.15) is 0 Å². The van der Waals surface area contributed by atoms with E-state index in [4.69, 9.17) is 11.6 Å². The Hall–Kier alpha value is -1.89. The molecule has 0 aliphatic heterocycles. The Kier molecular flexibility index (Phi) is 5.64. The van der Waals surface area contributed by atoms with E-state index in [0.29, 0.717) is 16.1 Å². The van der Waals surface area contributed by atoms with Crippen molar-refractivity contribution in [2.24, 2.45) is 0 Å². The molecule has 0 heterocycles. The van der Waals surface area contributed by atoms with Gasteiger partial charge in [-0.05, 0) is 48.9 Å². The average Bonchev–Trinajstić information content (AvgIpc) is 2.54. The zero-order valence-corrected chi connectivity index (χ0v) is 14.8. The topological polar surface area (TPSA) is 83.5 Å². The molecule has 0 fully saturated rings. The molecule has 2 N–H and O–H groups in total. The lowest BCUT2D eigenvalue weighted by Crippen LogP contribution is -2.37. The van der Waals surface area contributed by atoms with Crippen molar-refractivity contribution in [2.45, 2.75) is 24.0 Å². The molecule has 0 aliphatic carbocycles. The van der Waals surface area contributed by atoms with Gasteiger partial charge >= 0.3 is 0 Å². The minimum Gasteiger partial charge on any atom is -0.386 e. The number of sulfone groups is 1. The Morgan fingerprint density at radius 3 is 2.12 bits per heavy atom. The minimum absolute atomic E-state index is 0.147. The zero-order valence-electron chi connectivity index (χ0n) is 13.2. The van der Waals surface area contributed by atoms with Gasteiger partial charge in [-0.25, -0.2) is 8.42 Å². The van der Waals surface area contributed by atoms with Crippen LogP contribution in [0.25, 0.3) is 0 Å². The summed E-state index contributed by atoms with van der Waals surface area (Å²) in [5.41, 5.74) is 0.956. The standard InChI is InChI=1S/C17H18ClNO4S/c1-11(16(20)12-3-7-14(18)8-4-12)19-17(21)13-5-9-15(10-6-13)24(2,22)23/h3-11,16,20H,1-2H3,(H,19,21). The molecule has 0 saturated carbocycles. The predicted molar refractivity (Wildman–Crippen MR) is 92.9 cm³/mol. The summed E-state index contributed by atoms with van der Waals surface area (Å²) in [4.78, 5) is 12.4. The van der Waals surface area contributed by atoms with Crippen LogP contribution in [0.15, 0.2) is 53.4 Å². The van der Waals surface area contributed by atoms with Crippen molar-refractivity contribution in [3.8, 4) is 0 Å². The van der Waals surface area contributed by atoms with Crippen LogP contribution in [0.1, 0.15) is 28.9 Å². The van der Waals surface area contributed by atoms with Crippen LogP contribution in [0.3, 0.4) is 0 Å². The first-order valence-corrected chi connectivity index (χ1v) is 9.50. The fourth-order valence-electron chi connectivity index (χ4n) is 2.17. The van der Waals surface area contributed by atoms with E-state index < -0.39 is 27.9 Å². The van der Waals surface area contributed by atoms with Crippen molar-refractivity contribution >= 4 is 27.3 Å². The van der Waals surface area contributed by atoms with Gasteiger partial charge in [-0.1, -0.05) is 23.7 Å². The molecule has 2 atom stereocenters. The zero-order chi connectivity index (χ0) is 17.9. The van der Waals surface area contributed by atoms with Gasteiger partial charge in [-0.2, -0.15) is 0 Å². The van der Waals surface area contributed by atoms with Gasteiger partial charge in [0.05, 0.1) is 17.0 Å². The molecule has 2 unspecified atom stereocenters. The SMILES string of the molecule is CC(NC(=O)c1ccc(S(C)(=O)=O)cc1)C(O)c1ccc(Cl)cc1. The molecule has 2 aromatic carbocycles. The summed E-state index contributed by atoms with van der Waals surface area (Å²) in [7, 11) is -3.30. The van der Waals surface area contributed by atoms with E-state index in [9.17, 15) is 18.3 Å². The Bertz CT molecular complexity index is 817. The molecule has 24 heavy (non-hydrogen) atoms. The van der Waals surface area contributed by atoms with Gasteiger partial charge in [0, 0.05) is 16.8 Å². The lowest BCUT2D eigenvalue weighted by molar-refractivity contribution is 0.0852. The molecule has 2 rings (SSSR count). The smallest absolute Gasteiger partial charge is 0.251 e. The first-order valence-electron chi connectivity index (χ1n) is 7.23. The molecule has 0 saturated heterocycles. The van der Waals surface area contributed by atoms with Crippen molar-refractivity contribution in [3.05, 3.63) is 64.7 Å². The molecular formula is C17H18ClNO4S. The molecule has 0 aliphatic rings. The normalized spacial score (nSPS) is 14.0. The van der Waals surface area contributed by atoms with Crippen LogP contribution in [0.4, 0.5) is 0 Å². The fourth-order valence-corrected chi connectivity index (χ4v) is 2.93. The maximum absolute atomic E-state index is 12.2. The monoisotopic (exact) mass is 367 g/mol. The largest absolute Gasteiger partial charge is 0.386 e. The van der Waals surface area contributed by atoms with Crippen molar-refractivity contribution < 1.29 is 18.3 Å². The number of aliphatic hydroxyl groups excluding tert-OH is 1. The highest BCUT2D eigenvalue weighted by Gasteiger charge is 2.19. The van der Waals surface area contributed by atoms with E-state index in [1.807, 2.05) is 0 Å². The maximum atomic E-state index is 12.2. The molecule has 7 heteroatoms. The number of halogens is 1.